The van der Waals surface area contributed by atoms with Gasteiger partial charge in [-0.2, -0.15) is 0 Å². The predicted molar refractivity (Wildman–Crippen MR) is 272 cm³/mol. The Balaban J connectivity index is 0.000000247. The van der Waals surface area contributed by atoms with E-state index >= 15 is 0 Å². The second kappa shape index (κ2) is 24.6. The van der Waals surface area contributed by atoms with Crippen molar-refractivity contribution >= 4 is 48.6 Å². The number of hydrogen-bond acceptors (Lipinski definition) is 7. The van der Waals surface area contributed by atoms with Crippen LogP contribution in [-0.4, -0.2) is 74.4 Å². The van der Waals surface area contributed by atoms with E-state index in [0.717, 1.165) is 62.9 Å². The van der Waals surface area contributed by atoms with E-state index < -0.39 is 36.2 Å². The van der Waals surface area contributed by atoms with Crippen LogP contribution < -0.4 is 11.9 Å². The summed E-state index contributed by atoms with van der Waals surface area (Å²) in [5.41, 5.74) is 16.8. The molecule has 4 unspecified atom stereocenters. The lowest BCUT2D eigenvalue weighted by molar-refractivity contribution is -0.150. The summed E-state index contributed by atoms with van der Waals surface area (Å²) in [7, 11) is 0. The van der Waals surface area contributed by atoms with Gasteiger partial charge in [0.15, 0.2) is 0 Å². The van der Waals surface area contributed by atoms with Crippen molar-refractivity contribution in [2.45, 2.75) is 76.9 Å². The molecule has 6 aromatic rings. The standard InChI is InChI=1S/C28H29FN2O2.C28H28FNO3.ClH.H3N/c1-19-21(9-5-10-24(19)22-7-3-2-4-8-22)14-15-23-13-12-20(17-25(23)29)18-31-16-6-11-26(32)27(31)28(30)33;1-19-21(9-5-10-24(19)22-7-3-2-4-8-22)14-15-23-13-12-20(17-25(23)29)18-30-16-6-11-26(31)27(30)28(32)33;;/h2-5,7-10,12-15,17,26-27,32H,6,11,16,18H2,1H3,(H2,30,33);2-5,7-10,12-15,17,26-27,31H,6,11,16,18H2,1H3,(H,32,33);1H;1H3/b2*15-14+;;. The minimum atomic E-state index is -1.05. The van der Waals surface area contributed by atoms with E-state index in [1.807, 2.05) is 89.8 Å². The lowest BCUT2D eigenvalue weighted by Gasteiger charge is -2.37. The third-order valence-corrected chi connectivity index (χ3v) is 12.7. The first kappa shape index (κ1) is 52.7. The second-order valence-electron chi connectivity index (χ2n) is 17.1. The number of aliphatic carboxylic acids is 1. The number of hydrogen-bond donors (Lipinski definition) is 5. The second-order valence-corrected chi connectivity index (χ2v) is 17.1. The van der Waals surface area contributed by atoms with Crippen molar-refractivity contribution in [2.75, 3.05) is 13.1 Å². The molecule has 2 fully saturated rings. The van der Waals surface area contributed by atoms with Crippen molar-refractivity contribution in [3.63, 3.8) is 0 Å². The van der Waals surface area contributed by atoms with Crippen molar-refractivity contribution < 1.29 is 33.7 Å². The Labute approximate surface area is 404 Å². The monoisotopic (exact) mass is 942 g/mol. The third-order valence-electron chi connectivity index (χ3n) is 12.7. The van der Waals surface area contributed by atoms with Crippen molar-refractivity contribution in [1.82, 2.24) is 16.0 Å². The number of carboxylic acid groups (broad SMARTS) is 1. The summed E-state index contributed by atoms with van der Waals surface area (Å²) in [4.78, 5) is 26.9. The first-order valence-corrected chi connectivity index (χ1v) is 22.5. The zero-order chi connectivity index (χ0) is 46.7. The van der Waals surface area contributed by atoms with E-state index in [-0.39, 0.29) is 36.7 Å². The highest BCUT2D eigenvalue weighted by atomic mass is 35.5. The van der Waals surface area contributed by atoms with Crippen LogP contribution >= 0.6 is 12.4 Å². The average molecular weight is 944 g/mol. The van der Waals surface area contributed by atoms with Crippen LogP contribution in [0.15, 0.2) is 133 Å². The molecule has 2 aliphatic rings. The molecule has 12 heteroatoms. The molecule has 0 saturated carbocycles. The molecule has 0 aromatic heterocycles. The summed E-state index contributed by atoms with van der Waals surface area (Å²) in [5.74, 6) is -2.27. The van der Waals surface area contributed by atoms with Crippen LogP contribution in [0.1, 0.15) is 70.2 Å². The van der Waals surface area contributed by atoms with Gasteiger partial charge in [-0.05, 0) is 120 Å². The fourth-order valence-electron chi connectivity index (χ4n) is 9.10. The van der Waals surface area contributed by atoms with E-state index in [4.69, 9.17) is 5.73 Å². The summed E-state index contributed by atoms with van der Waals surface area (Å²) in [6.45, 7) is 5.99. The number of nitrogens with two attached hydrogens (primary N) is 1. The van der Waals surface area contributed by atoms with Gasteiger partial charge in [0, 0.05) is 24.2 Å². The Kier molecular flexibility index (Phi) is 19.1. The fraction of sp³-hybridized carbons (Fsp3) is 0.250. The maximum Gasteiger partial charge on any atom is 0.323 e. The molecule has 0 aliphatic carbocycles. The summed E-state index contributed by atoms with van der Waals surface area (Å²) >= 11 is 0. The van der Waals surface area contributed by atoms with Gasteiger partial charge in [-0.15, -0.1) is 12.4 Å². The van der Waals surface area contributed by atoms with Gasteiger partial charge in [0.05, 0.1) is 12.2 Å². The van der Waals surface area contributed by atoms with Crippen LogP contribution in [0.25, 0.3) is 46.6 Å². The molecule has 2 aliphatic heterocycles. The maximum absolute atomic E-state index is 14.9. The summed E-state index contributed by atoms with van der Waals surface area (Å²) in [6.07, 6.45) is 8.23. The number of amides is 1. The quantitative estimate of drug-likeness (QED) is 0.0758. The minimum Gasteiger partial charge on any atom is -0.480 e. The summed E-state index contributed by atoms with van der Waals surface area (Å²) in [5, 5.41) is 29.7. The van der Waals surface area contributed by atoms with Gasteiger partial charge in [-0.25, -0.2) is 8.78 Å². The Hall–Kier alpha value is -6.31. The number of primary amides is 1. The molecule has 356 valence electrons. The first-order chi connectivity index (χ1) is 31.9. The number of halogens is 3. The predicted octanol–water partition coefficient (Wildman–Crippen LogP) is 10.7. The average Bonchev–Trinajstić information content (AvgIpc) is 3.30. The number of likely N-dealkylation sites (tertiary alicyclic amines) is 2. The normalized spacial score (nSPS) is 18.6. The van der Waals surface area contributed by atoms with E-state index in [2.05, 4.69) is 50.2 Å². The van der Waals surface area contributed by atoms with Gasteiger partial charge in [0.2, 0.25) is 5.91 Å². The van der Waals surface area contributed by atoms with Crippen LogP contribution in [0.3, 0.4) is 0 Å². The molecule has 6 aromatic carbocycles. The van der Waals surface area contributed by atoms with Gasteiger partial charge in [0.1, 0.15) is 23.7 Å². The van der Waals surface area contributed by atoms with E-state index in [1.165, 1.54) is 12.1 Å². The highest BCUT2D eigenvalue weighted by molar-refractivity contribution is 5.85. The van der Waals surface area contributed by atoms with Gasteiger partial charge < -0.3 is 27.2 Å². The molecule has 8 rings (SSSR count). The third kappa shape index (κ3) is 13.0. The number of rotatable bonds is 12. The Morgan fingerprint density at radius 2 is 0.985 bits per heavy atom. The number of carbonyl (C=O) groups excluding carboxylic acids is 1. The molecule has 9 nitrogen and oxygen atoms in total. The zero-order valence-electron chi connectivity index (χ0n) is 38.5. The Morgan fingerprint density at radius 1 is 0.588 bits per heavy atom. The first-order valence-electron chi connectivity index (χ1n) is 22.5. The number of carbonyl (C=O) groups is 2. The molecular formula is C56H61ClF2N4O5. The van der Waals surface area contributed by atoms with Gasteiger partial charge in [-0.3, -0.25) is 19.4 Å². The lowest BCUT2D eigenvalue weighted by atomic mass is 9.96. The molecule has 4 atom stereocenters. The smallest absolute Gasteiger partial charge is 0.323 e. The molecule has 8 N–H and O–H groups in total. The van der Waals surface area contributed by atoms with E-state index in [9.17, 15) is 33.7 Å². The zero-order valence-corrected chi connectivity index (χ0v) is 39.3. The van der Waals surface area contributed by atoms with Crippen molar-refractivity contribution in [3.05, 3.63) is 190 Å². The van der Waals surface area contributed by atoms with Crippen molar-refractivity contribution in [1.29, 1.82) is 0 Å². The van der Waals surface area contributed by atoms with Gasteiger partial charge in [-0.1, -0.05) is 146 Å². The molecule has 0 radical (unpaired) electrons. The molecular weight excluding hydrogens is 882 g/mol. The summed E-state index contributed by atoms with van der Waals surface area (Å²) in [6, 6.07) is 41.0. The fourth-order valence-corrected chi connectivity index (χ4v) is 9.10. The molecule has 2 saturated heterocycles. The highest BCUT2D eigenvalue weighted by Gasteiger charge is 2.36. The SMILES string of the molecule is Cc1c(/C=C/c2ccc(CN3CCCC(O)C3C(=O)O)cc2F)cccc1-c1ccccc1.Cc1c(/C=C/c2ccc(CN3CCCC(O)C3C(N)=O)cc2F)cccc1-c1ccccc1.Cl.N. The van der Waals surface area contributed by atoms with Crippen molar-refractivity contribution in [2.24, 2.45) is 5.73 Å². The van der Waals surface area contributed by atoms with Crippen LogP contribution in [0.2, 0.25) is 0 Å². The van der Waals surface area contributed by atoms with Crippen LogP contribution in [0, 0.1) is 25.5 Å². The topological polar surface area (TPSA) is 162 Å². The molecule has 68 heavy (non-hydrogen) atoms. The molecule has 1 amide bonds. The van der Waals surface area contributed by atoms with Gasteiger partial charge in [0.25, 0.3) is 0 Å². The Morgan fingerprint density at radius 3 is 1.38 bits per heavy atom. The Bertz CT molecular complexity index is 2520. The van der Waals surface area contributed by atoms with E-state index in [1.54, 1.807) is 29.2 Å². The highest BCUT2D eigenvalue weighted by Crippen LogP contribution is 2.30. The largest absolute Gasteiger partial charge is 0.480 e. The number of benzene rings is 6. The van der Waals surface area contributed by atoms with Crippen LogP contribution in [0.5, 0.6) is 0 Å². The number of carboxylic acids is 1. The van der Waals surface area contributed by atoms with Crippen molar-refractivity contribution in [3.8, 4) is 22.3 Å². The lowest BCUT2D eigenvalue weighted by Crippen LogP contribution is -2.54. The van der Waals surface area contributed by atoms with Crippen LogP contribution in [0.4, 0.5) is 8.78 Å². The molecule has 0 bridgehead atoms. The molecule has 2 heterocycles. The summed E-state index contributed by atoms with van der Waals surface area (Å²) < 4.78 is 29.7. The van der Waals surface area contributed by atoms with Gasteiger partial charge >= 0.3 is 5.97 Å². The number of aliphatic hydroxyl groups is 2. The van der Waals surface area contributed by atoms with Crippen LogP contribution in [-0.2, 0) is 22.7 Å². The minimum absolute atomic E-state index is 0. The van der Waals surface area contributed by atoms with E-state index in [0.29, 0.717) is 49.2 Å². The molecule has 0 spiro atoms. The number of aliphatic hydroxyl groups excluding tert-OH is 2. The number of piperidine rings is 2. The maximum atomic E-state index is 14.9. The number of nitrogens with zero attached hydrogens (tertiary/aromatic N) is 2.